The van der Waals surface area contributed by atoms with E-state index < -0.39 is 0 Å². The summed E-state index contributed by atoms with van der Waals surface area (Å²) in [4.78, 5) is 4.26. The van der Waals surface area contributed by atoms with E-state index in [-0.39, 0.29) is 11.2 Å². The highest BCUT2D eigenvalue weighted by Crippen LogP contribution is 2.23. The molecule has 6 heteroatoms. The lowest BCUT2D eigenvalue weighted by Crippen LogP contribution is -2.09. The quantitative estimate of drug-likeness (QED) is 0.779. The number of benzene rings is 1. The molecule has 0 saturated carbocycles. The van der Waals surface area contributed by atoms with Crippen molar-refractivity contribution < 1.29 is 8.81 Å². The third-order valence-electron chi connectivity index (χ3n) is 3.52. The first-order valence-electron chi connectivity index (χ1n) is 7.70. The van der Waals surface area contributed by atoms with Gasteiger partial charge in [0.05, 0.1) is 18.4 Å². The van der Waals surface area contributed by atoms with E-state index in [1.54, 1.807) is 18.3 Å². The summed E-state index contributed by atoms with van der Waals surface area (Å²) in [5.74, 6) is 1.79. The van der Waals surface area contributed by atoms with Crippen LogP contribution in [-0.4, -0.2) is 15.2 Å². The van der Waals surface area contributed by atoms with Gasteiger partial charge < -0.3 is 9.73 Å². The van der Waals surface area contributed by atoms with E-state index in [4.69, 9.17) is 4.42 Å². The fourth-order valence-corrected chi connectivity index (χ4v) is 2.11. The average molecular weight is 326 g/mol. The normalized spacial score (nSPS) is 11.5. The summed E-state index contributed by atoms with van der Waals surface area (Å²) in [6.45, 7) is 6.65. The molecule has 0 atom stereocenters. The maximum atomic E-state index is 12.9. The third-order valence-corrected chi connectivity index (χ3v) is 3.52. The monoisotopic (exact) mass is 326 g/mol. The second kappa shape index (κ2) is 6.39. The zero-order valence-electron chi connectivity index (χ0n) is 13.9. The van der Waals surface area contributed by atoms with E-state index in [0.29, 0.717) is 23.9 Å². The molecule has 0 aliphatic rings. The number of nitrogens with zero attached hydrogens (tertiary/aromatic N) is 3. The van der Waals surface area contributed by atoms with Crippen LogP contribution in [0.5, 0.6) is 0 Å². The molecule has 0 spiro atoms. The lowest BCUT2D eigenvalue weighted by molar-refractivity contribution is 0.385. The van der Waals surface area contributed by atoms with E-state index >= 15 is 0 Å². The van der Waals surface area contributed by atoms with Crippen molar-refractivity contribution in [2.45, 2.75) is 32.7 Å². The van der Waals surface area contributed by atoms with Crippen LogP contribution in [-0.2, 0) is 12.0 Å². The van der Waals surface area contributed by atoms with Crippen molar-refractivity contribution in [3.8, 4) is 11.3 Å². The van der Waals surface area contributed by atoms with Gasteiger partial charge in [0, 0.05) is 11.0 Å². The zero-order valence-corrected chi connectivity index (χ0v) is 13.9. The van der Waals surface area contributed by atoms with Gasteiger partial charge in [-0.15, -0.1) is 10.2 Å². The molecule has 124 valence electrons. The highest BCUT2D eigenvalue weighted by Gasteiger charge is 2.19. The lowest BCUT2D eigenvalue weighted by atomic mass is 9.94. The Kier molecular flexibility index (Phi) is 4.29. The van der Waals surface area contributed by atoms with Crippen LogP contribution in [0.15, 0.2) is 47.0 Å². The summed E-state index contributed by atoms with van der Waals surface area (Å²) in [6, 6.07) is 9.80. The maximum Gasteiger partial charge on any atom is 0.213 e. The number of nitrogens with one attached hydrogen (secondary N) is 1. The number of oxazole rings is 1. The topological polar surface area (TPSA) is 63.8 Å². The first-order chi connectivity index (χ1) is 11.4. The third kappa shape index (κ3) is 3.76. The smallest absolute Gasteiger partial charge is 0.213 e. The molecule has 0 amide bonds. The molecule has 0 fully saturated rings. The Morgan fingerprint density at radius 2 is 1.79 bits per heavy atom. The van der Waals surface area contributed by atoms with Gasteiger partial charge in [-0.2, -0.15) is 0 Å². The van der Waals surface area contributed by atoms with Crippen molar-refractivity contribution in [2.75, 3.05) is 5.32 Å². The van der Waals surface area contributed by atoms with Gasteiger partial charge in [0.1, 0.15) is 17.4 Å². The predicted octanol–water partition coefficient (Wildman–Crippen LogP) is 4.18. The Morgan fingerprint density at radius 1 is 1.04 bits per heavy atom. The van der Waals surface area contributed by atoms with Gasteiger partial charge in [-0.3, -0.25) is 0 Å². The zero-order chi connectivity index (χ0) is 17.2. The van der Waals surface area contributed by atoms with Crippen LogP contribution in [0.3, 0.4) is 0 Å². The first kappa shape index (κ1) is 16.1. The minimum atomic E-state index is -0.273. The summed E-state index contributed by atoms with van der Waals surface area (Å²) in [5.41, 5.74) is 1.44. The number of hydrogen-bond acceptors (Lipinski definition) is 5. The Labute approximate surface area is 140 Å². The van der Waals surface area contributed by atoms with E-state index in [0.717, 1.165) is 11.3 Å². The van der Waals surface area contributed by atoms with Gasteiger partial charge in [0.25, 0.3) is 0 Å². The van der Waals surface area contributed by atoms with Crippen molar-refractivity contribution >= 4 is 5.82 Å². The summed E-state index contributed by atoms with van der Waals surface area (Å²) in [6.07, 6.45) is 1.75. The number of anilines is 1. The van der Waals surface area contributed by atoms with Crippen LogP contribution >= 0.6 is 0 Å². The summed E-state index contributed by atoms with van der Waals surface area (Å²) < 4.78 is 18.7. The van der Waals surface area contributed by atoms with Crippen molar-refractivity contribution in [1.29, 1.82) is 0 Å². The molecule has 3 rings (SSSR count). The fraction of sp³-hybridized carbons (Fsp3) is 0.278. The largest absolute Gasteiger partial charge is 0.443 e. The van der Waals surface area contributed by atoms with Crippen molar-refractivity contribution in [3.63, 3.8) is 0 Å². The van der Waals surface area contributed by atoms with Crippen molar-refractivity contribution in [2.24, 2.45) is 0 Å². The highest BCUT2D eigenvalue weighted by molar-refractivity contribution is 5.59. The standard InChI is InChI=1S/C18H19FN4O/c1-18(2,3)15-10-21-17(24-15)11-20-16-9-8-14(22-23-16)12-4-6-13(19)7-5-12/h4-10H,11H2,1-3H3,(H,20,23). The molecule has 1 aromatic carbocycles. The van der Waals surface area contributed by atoms with Gasteiger partial charge in [0.2, 0.25) is 5.89 Å². The number of halogens is 1. The van der Waals surface area contributed by atoms with Crippen LogP contribution < -0.4 is 5.32 Å². The van der Waals surface area contributed by atoms with Crippen LogP contribution in [0.2, 0.25) is 0 Å². The van der Waals surface area contributed by atoms with E-state index in [1.165, 1.54) is 12.1 Å². The second-order valence-corrected chi connectivity index (χ2v) is 6.53. The fourth-order valence-electron chi connectivity index (χ4n) is 2.11. The van der Waals surface area contributed by atoms with E-state index in [2.05, 4.69) is 41.3 Å². The number of aromatic nitrogens is 3. The maximum absolute atomic E-state index is 12.9. The minimum absolute atomic E-state index is 0.0676. The van der Waals surface area contributed by atoms with Crippen LogP contribution in [0, 0.1) is 5.82 Å². The molecular weight excluding hydrogens is 307 g/mol. The van der Waals surface area contributed by atoms with Crippen LogP contribution in [0.25, 0.3) is 11.3 Å². The number of rotatable bonds is 4. The summed E-state index contributed by atoms with van der Waals surface area (Å²) in [7, 11) is 0. The Balaban J connectivity index is 1.64. The SMILES string of the molecule is CC(C)(C)c1cnc(CNc2ccc(-c3ccc(F)cc3)nn2)o1. The number of hydrogen-bond donors (Lipinski definition) is 1. The predicted molar refractivity (Wildman–Crippen MR) is 90.0 cm³/mol. The Morgan fingerprint density at radius 3 is 2.38 bits per heavy atom. The molecule has 2 heterocycles. The van der Waals surface area contributed by atoms with Crippen LogP contribution in [0.4, 0.5) is 10.2 Å². The molecule has 0 aliphatic heterocycles. The molecule has 0 radical (unpaired) electrons. The molecule has 5 nitrogen and oxygen atoms in total. The van der Waals surface area contributed by atoms with Gasteiger partial charge in [-0.25, -0.2) is 9.37 Å². The van der Waals surface area contributed by atoms with Gasteiger partial charge in [-0.05, 0) is 36.4 Å². The second-order valence-electron chi connectivity index (χ2n) is 6.53. The highest BCUT2D eigenvalue weighted by atomic mass is 19.1. The van der Waals surface area contributed by atoms with Gasteiger partial charge in [0.15, 0.2) is 0 Å². The Bertz CT molecular complexity index is 804. The first-order valence-corrected chi connectivity index (χ1v) is 7.70. The Hall–Kier alpha value is -2.76. The molecule has 0 aliphatic carbocycles. The molecule has 24 heavy (non-hydrogen) atoms. The molecule has 3 aromatic rings. The molecule has 0 saturated heterocycles. The molecule has 2 aromatic heterocycles. The van der Waals surface area contributed by atoms with Gasteiger partial charge in [-0.1, -0.05) is 20.8 Å². The molecule has 1 N–H and O–H groups in total. The summed E-state index contributed by atoms with van der Waals surface area (Å²) >= 11 is 0. The summed E-state index contributed by atoms with van der Waals surface area (Å²) in [5, 5.41) is 11.4. The molecule has 0 unspecified atom stereocenters. The van der Waals surface area contributed by atoms with E-state index in [9.17, 15) is 4.39 Å². The molecular formula is C18H19FN4O. The minimum Gasteiger partial charge on any atom is -0.443 e. The van der Waals surface area contributed by atoms with Gasteiger partial charge >= 0.3 is 0 Å². The van der Waals surface area contributed by atoms with Crippen molar-refractivity contribution in [1.82, 2.24) is 15.2 Å². The lowest BCUT2D eigenvalue weighted by Gasteiger charge is -2.13. The van der Waals surface area contributed by atoms with Crippen LogP contribution in [0.1, 0.15) is 32.4 Å². The average Bonchev–Trinajstić information content (AvgIpc) is 3.04. The van der Waals surface area contributed by atoms with Crippen molar-refractivity contribution in [3.05, 3.63) is 60.1 Å². The molecule has 0 bridgehead atoms. The van der Waals surface area contributed by atoms with E-state index in [1.807, 2.05) is 12.1 Å².